The van der Waals surface area contributed by atoms with Crippen molar-refractivity contribution in [3.05, 3.63) is 35.0 Å². The van der Waals surface area contributed by atoms with Crippen LogP contribution in [-0.2, 0) is 17.2 Å². The van der Waals surface area contributed by atoms with Crippen molar-refractivity contribution in [1.82, 2.24) is 19.9 Å². The molecular formula is C21H25ClN6O2S. The molecular weight excluding hydrogens is 436 g/mol. The monoisotopic (exact) mass is 460 g/mol. The van der Waals surface area contributed by atoms with E-state index in [-0.39, 0.29) is 12.1 Å². The fourth-order valence-electron chi connectivity index (χ4n) is 4.27. The van der Waals surface area contributed by atoms with E-state index in [0.29, 0.717) is 41.5 Å². The highest BCUT2D eigenvalue weighted by atomic mass is 35.5. The molecule has 1 atom stereocenters. The van der Waals surface area contributed by atoms with Crippen LogP contribution in [0.3, 0.4) is 0 Å². The lowest BCUT2D eigenvalue weighted by molar-refractivity contribution is 0.143. The van der Waals surface area contributed by atoms with Gasteiger partial charge in [-0.1, -0.05) is 17.7 Å². The third-order valence-corrected chi connectivity index (χ3v) is 7.99. The zero-order valence-electron chi connectivity index (χ0n) is 17.2. The van der Waals surface area contributed by atoms with Crippen molar-refractivity contribution in [2.75, 3.05) is 35.7 Å². The van der Waals surface area contributed by atoms with E-state index in [1.54, 1.807) is 12.4 Å². The maximum absolute atomic E-state index is 13.0. The molecule has 0 spiro atoms. The van der Waals surface area contributed by atoms with Crippen LogP contribution < -0.4 is 10.2 Å². The SMILES string of the molecule is O=S1CCCCc2nc(N3CC=C(c4ncc(Cl)cn4)C3)nc(NC3(CO)CCC3)c21. The van der Waals surface area contributed by atoms with Crippen molar-refractivity contribution in [3.8, 4) is 0 Å². The van der Waals surface area contributed by atoms with E-state index in [2.05, 4.69) is 26.3 Å². The second-order valence-corrected chi connectivity index (χ2v) is 10.4. The lowest BCUT2D eigenvalue weighted by Gasteiger charge is -2.41. The summed E-state index contributed by atoms with van der Waals surface area (Å²) in [5, 5.41) is 13.9. The smallest absolute Gasteiger partial charge is 0.228 e. The third-order valence-electron chi connectivity index (χ3n) is 6.25. The zero-order chi connectivity index (χ0) is 21.4. The van der Waals surface area contributed by atoms with Gasteiger partial charge in [0.2, 0.25) is 5.95 Å². The molecule has 1 fully saturated rings. The maximum Gasteiger partial charge on any atom is 0.228 e. The Morgan fingerprint density at radius 3 is 2.71 bits per heavy atom. The van der Waals surface area contributed by atoms with Gasteiger partial charge in [0.05, 0.1) is 33.7 Å². The summed E-state index contributed by atoms with van der Waals surface area (Å²) >= 11 is 5.91. The first kappa shape index (κ1) is 20.8. The Labute approximate surface area is 188 Å². The quantitative estimate of drug-likeness (QED) is 0.701. The second-order valence-electron chi connectivity index (χ2n) is 8.41. The largest absolute Gasteiger partial charge is 0.394 e. The van der Waals surface area contributed by atoms with E-state index in [1.807, 2.05) is 0 Å². The van der Waals surface area contributed by atoms with E-state index in [0.717, 1.165) is 54.7 Å². The predicted octanol–water partition coefficient (Wildman–Crippen LogP) is 2.59. The van der Waals surface area contributed by atoms with Crippen LogP contribution in [0.25, 0.3) is 5.57 Å². The molecule has 5 rings (SSSR count). The number of fused-ring (bicyclic) bond motifs is 1. The van der Waals surface area contributed by atoms with Crippen molar-refractivity contribution < 1.29 is 9.32 Å². The third kappa shape index (κ3) is 4.06. The first-order valence-corrected chi connectivity index (χ1v) is 12.4. The molecule has 2 aromatic rings. The summed E-state index contributed by atoms with van der Waals surface area (Å²) in [7, 11) is -1.14. The Morgan fingerprint density at radius 1 is 1.19 bits per heavy atom. The molecule has 1 aliphatic carbocycles. The predicted molar refractivity (Wildman–Crippen MR) is 121 cm³/mol. The Balaban J connectivity index is 1.47. The van der Waals surface area contributed by atoms with E-state index in [9.17, 15) is 9.32 Å². The summed E-state index contributed by atoms with van der Waals surface area (Å²) in [5.41, 5.74) is 1.48. The van der Waals surface area contributed by atoms with Crippen molar-refractivity contribution in [1.29, 1.82) is 0 Å². The summed E-state index contributed by atoms with van der Waals surface area (Å²) in [6, 6.07) is 0. The number of hydrogen-bond acceptors (Lipinski definition) is 8. The Bertz CT molecular complexity index is 1040. The minimum atomic E-state index is -1.14. The first-order chi connectivity index (χ1) is 15.1. The van der Waals surface area contributed by atoms with E-state index in [1.165, 1.54) is 0 Å². The molecule has 1 saturated carbocycles. The van der Waals surface area contributed by atoms with Crippen LogP contribution in [0.15, 0.2) is 23.4 Å². The molecule has 1 unspecified atom stereocenters. The molecule has 0 amide bonds. The Morgan fingerprint density at radius 2 is 2.00 bits per heavy atom. The first-order valence-electron chi connectivity index (χ1n) is 10.7. The van der Waals surface area contributed by atoms with Gasteiger partial charge in [-0.2, -0.15) is 4.98 Å². The average molecular weight is 461 g/mol. The molecule has 8 nitrogen and oxygen atoms in total. The number of rotatable bonds is 5. The Kier molecular flexibility index (Phi) is 5.66. The van der Waals surface area contributed by atoms with Crippen LogP contribution >= 0.6 is 11.6 Å². The number of halogens is 1. The summed E-state index contributed by atoms with van der Waals surface area (Å²) in [6.07, 6.45) is 10.7. The number of aromatic nitrogens is 4. The lowest BCUT2D eigenvalue weighted by atomic mass is 9.77. The zero-order valence-corrected chi connectivity index (χ0v) is 18.8. The van der Waals surface area contributed by atoms with Gasteiger partial charge in [-0.15, -0.1) is 0 Å². The van der Waals surface area contributed by atoms with Crippen LogP contribution in [0, 0.1) is 0 Å². The van der Waals surface area contributed by atoms with Gasteiger partial charge in [-0.3, -0.25) is 4.21 Å². The topological polar surface area (TPSA) is 104 Å². The number of aryl methyl sites for hydroxylation is 1. The van der Waals surface area contributed by atoms with E-state index >= 15 is 0 Å². The number of aliphatic hydroxyl groups is 1. The molecule has 0 radical (unpaired) electrons. The average Bonchev–Trinajstić information content (AvgIpc) is 3.16. The minimum absolute atomic E-state index is 0.0388. The molecule has 31 heavy (non-hydrogen) atoms. The fourth-order valence-corrected chi connectivity index (χ4v) is 5.76. The van der Waals surface area contributed by atoms with Gasteiger partial charge in [0.1, 0.15) is 10.7 Å². The van der Waals surface area contributed by atoms with Crippen molar-refractivity contribution in [2.45, 2.75) is 49.0 Å². The molecule has 2 aliphatic heterocycles. The maximum atomic E-state index is 13.0. The van der Waals surface area contributed by atoms with Crippen LogP contribution in [0.2, 0.25) is 5.02 Å². The Hall–Kier alpha value is -2.10. The van der Waals surface area contributed by atoms with Gasteiger partial charge in [-0.25, -0.2) is 15.0 Å². The molecule has 4 heterocycles. The highest BCUT2D eigenvalue weighted by molar-refractivity contribution is 7.85. The minimum Gasteiger partial charge on any atom is -0.394 e. The molecule has 10 heteroatoms. The van der Waals surface area contributed by atoms with Gasteiger partial charge in [0.15, 0.2) is 5.82 Å². The summed E-state index contributed by atoms with van der Waals surface area (Å²) in [4.78, 5) is 21.1. The molecule has 0 aromatic carbocycles. The molecule has 0 saturated heterocycles. The van der Waals surface area contributed by atoms with Crippen LogP contribution in [0.5, 0.6) is 0 Å². The van der Waals surface area contributed by atoms with Crippen LogP contribution in [0.4, 0.5) is 11.8 Å². The van der Waals surface area contributed by atoms with Gasteiger partial charge >= 0.3 is 0 Å². The van der Waals surface area contributed by atoms with Gasteiger partial charge in [0, 0.05) is 36.8 Å². The van der Waals surface area contributed by atoms with Gasteiger partial charge in [-0.05, 0) is 38.5 Å². The number of nitrogens with one attached hydrogen (secondary N) is 1. The highest BCUT2D eigenvalue weighted by Gasteiger charge is 2.38. The van der Waals surface area contributed by atoms with E-state index in [4.69, 9.17) is 21.6 Å². The second kappa shape index (κ2) is 8.44. The van der Waals surface area contributed by atoms with Crippen molar-refractivity contribution >= 4 is 39.7 Å². The molecule has 164 valence electrons. The standard InChI is InChI=1S/C21H25ClN6O2S/c22-15-10-23-18(24-11-15)14-5-8-28(12-14)20-25-16-4-1-2-9-31(30)17(16)19(26-20)27-21(13-29)6-3-7-21/h5,10-11,29H,1-4,6-9,12-13H2,(H,25,26,27). The molecule has 3 aliphatic rings. The van der Waals surface area contributed by atoms with Crippen molar-refractivity contribution in [2.24, 2.45) is 0 Å². The van der Waals surface area contributed by atoms with Crippen molar-refractivity contribution in [3.63, 3.8) is 0 Å². The molecule has 2 aromatic heterocycles. The van der Waals surface area contributed by atoms with Crippen LogP contribution in [-0.4, -0.2) is 60.2 Å². The molecule has 2 N–H and O–H groups in total. The van der Waals surface area contributed by atoms with Gasteiger partial charge < -0.3 is 15.3 Å². The number of hydrogen-bond donors (Lipinski definition) is 2. The summed E-state index contributed by atoms with van der Waals surface area (Å²) < 4.78 is 13.0. The van der Waals surface area contributed by atoms with Gasteiger partial charge in [0.25, 0.3) is 0 Å². The van der Waals surface area contributed by atoms with E-state index < -0.39 is 10.8 Å². The lowest BCUT2D eigenvalue weighted by Crippen LogP contribution is -2.49. The number of anilines is 2. The normalized spacial score (nSPS) is 22.3. The highest BCUT2D eigenvalue weighted by Crippen LogP contribution is 2.38. The summed E-state index contributed by atoms with van der Waals surface area (Å²) in [5.74, 6) is 2.49. The fraction of sp³-hybridized carbons (Fsp3) is 0.524. The number of aliphatic hydroxyl groups excluding tert-OH is 1. The number of nitrogens with zero attached hydrogens (tertiary/aromatic N) is 5. The molecule has 0 bridgehead atoms. The van der Waals surface area contributed by atoms with Crippen LogP contribution in [0.1, 0.15) is 43.6 Å². The summed E-state index contributed by atoms with van der Waals surface area (Å²) in [6.45, 7) is 1.28.